The summed E-state index contributed by atoms with van der Waals surface area (Å²) in [7, 11) is -10.8. The van der Waals surface area contributed by atoms with Crippen LogP contribution in [0.25, 0.3) is 0 Å². The molecule has 0 spiro atoms. The summed E-state index contributed by atoms with van der Waals surface area (Å²) in [5.41, 5.74) is 0. The zero-order valence-electron chi connectivity index (χ0n) is 40.9. The Morgan fingerprint density at radius 2 is 0.986 bits per heavy atom. The summed E-state index contributed by atoms with van der Waals surface area (Å²) in [5, 5.41) is 41.2. The molecule has 8 atom stereocenters. The Morgan fingerprint density at radius 3 is 1.53 bits per heavy atom. The van der Waals surface area contributed by atoms with Gasteiger partial charge in [-0.25, -0.2) is 9.13 Å². The molecule has 1 aliphatic carbocycles. The Balaban J connectivity index is 2.70. The van der Waals surface area contributed by atoms with E-state index >= 15 is 0 Å². The lowest BCUT2D eigenvalue weighted by Gasteiger charge is -2.43. The van der Waals surface area contributed by atoms with Crippen LogP contribution in [0.15, 0.2) is 109 Å². The van der Waals surface area contributed by atoms with Crippen molar-refractivity contribution in [2.75, 3.05) is 13.2 Å². The van der Waals surface area contributed by atoms with Crippen molar-refractivity contribution in [3.8, 4) is 0 Å². The van der Waals surface area contributed by atoms with Gasteiger partial charge in [0.15, 0.2) is 11.9 Å². The number of rotatable bonds is 39. The molecule has 1 aliphatic rings. The third-order valence-electron chi connectivity index (χ3n) is 10.3. The van der Waals surface area contributed by atoms with Gasteiger partial charge in [0.2, 0.25) is 0 Å². The maximum absolute atomic E-state index is 13.0. The summed E-state index contributed by atoms with van der Waals surface area (Å²) in [6, 6.07) is 0. The van der Waals surface area contributed by atoms with Crippen molar-refractivity contribution in [2.24, 2.45) is 0 Å². The highest BCUT2D eigenvalue weighted by Crippen LogP contribution is 2.49. The highest BCUT2D eigenvalue weighted by atomic mass is 31.2. The van der Waals surface area contributed by atoms with Gasteiger partial charge in [0.1, 0.15) is 43.2 Å². The van der Waals surface area contributed by atoms with Crippen molar-refractivity contribution in [1.82, 2.24) is 0 Å². The number of carbonyl (C=O) groups excluding carboxylic acids is 3. The fourth-order valence-electron chi connectivity index (χ4n) is 6.48. The molecule has 0 aromatic heterocycles. The van der Waals surface area contributed by atoms with E-state index in [2.05, 4.69) is 54.8 Å². The smallest absolute Gasteiger partial charge is 0.462 e. The number of carbonyl (C=O) groups is 3. The third kappa shape index (κ3) is 33.8. The normalized spacial score (nSPS) is 21.8. The van der Waals surface area contributed by atoms with E-state index in [0.29, 0.717) is 38.5 Å². The number of phosphoric acid groups is 2. The van der Waals surface area contributed by atoms with Crippen LogP contribution in [-0.4, -0.2) is 109 Å². The first kappa shape index (κ1) is 64.3. The van der Waals surface area contributed by atoms with E-state index in [1.165, 1.54) is 19.3 Å². The van der Waals surface area contributed by atoms with Crippen molar-refractivity contribution in [1.29, 1.82) is 0 Å². The average molecular weight is 1030 g/mol. The van der Waals surface area contributed by atoms with Crippen LogP contribution in [0.5, 0.6) is 0 Å². The van der Waals surface area contributed by atoms with Gasteiger partial charge in [-0.05, 0) is 83.1 Å². The number of aliphatic hydroxyl groups excluding tert-OH is 4. The van der Waals surface area contributed by atoms with Crippen LogP contribution in [0.1, 0.15) is 136 Å². The molecule has 0 aromatic rings. The minimum atomic E-state index is -5.39. The fraction of sp³-hybridized carbons (Fsp3) is 0.588. The average Bonchev–Trinajstić information content (AvgIpc) is 3.31. The summed E-state index contributed by atoms with van der Waals surface area (Å²) >= 11 is 0. The molecule has 1 fully saturated rings. The first-order valence-corrected chi connectivity index (χ1v) is 27.4. The van der Waals surface area contributed by atoms with E-state index in [1.807, 2.05) is 54.7 Å². The molecule has 1 rings (SSSR count). The first-order chi connectivity index (χ1) is 33.5. The van der Waals surface area contributed by atoms with Crippen molar-refractivity contribution >= 4 is 33.4 Å². The number of allylic oxidation sites excluding steroid dienone is 18. The van der Waals surface area contributed by atoms with E-state index in [-0.39, 0.29) is 25.0 Å². The van der Waals surface area contributed by atoms with Crippen LogP contribution in [0.2, 0.25) is 0 Å². The molecule has 0 bridgehead atoms. The van der Waals surface area contributed by atoms with Crippen LogP contribution >= 0.6 is 15.6 Å². The molecule has 0 aliphatic heterocycles. The molecule has 17 nitrogen and oxygen atoms in total. The van der Waals surface area contributed by atoms with E-state index in [0.717, 1.165) is 44.9 Å². The van der Waals surface area contributed by atoms with Gasteiger partial charge in [0.25, 0.3) is 0 Å². The highest BCUT2D eigenvalue weighted by Gasteiger charge is 2.54. The highest BCUT2D eigenvalue weighted by molar-refractivity contribution is 7.47. The van der Waals surface area contributed by atoms with Gasteiger partial charge in [0, 0.05) is 19.3 Å². The Morgan fingerprint density at radius 1 is 0.500 bits per heavy atom. The van der Waals surface area contributed by atoms with E-state index in [4.69, 9.17) is 18.5 Å². The maximum Gasteiger partial charge on any atom is 0.472 e. The van der Waals surface area contributed by atoms with Gasteiger partial charge >= 0.3 is 27.6 Å². The molecule has 7 N–H and O–H groups in total. The fourth-order valence-corrected chi connectivity index (χ4v) is 8.02. The van der Waals surface area contributed by atoms with Gasteiger partial charge in [-0.15, -0.1) is 0 Å². The second-order valence-electron chi connectivity index (χ2n) is 16.5. The van der Waals surface area contributed by atoms with Crippen LogP contribution < -0.4 is 0 Å². The lowest BCUT2D eigenvalue weighted by atomic mass is 9.85. The Labute approximate surface area is 414 Å². The van der Waals surface area contributed by atoms with Gasteiger partial charge in [-0.3, -0.25) is 28.0 Å². The number of unbranched alkanes of at least 4 members (excludes halogenated alkanes) is 6. The minimum Gasteiger partial charge on any atom is -0.462 e. The molecule has 0 saturated heterocycles. The second-order valence-corrected chi connectivity index (χ2v) is 19.1. The summed E-state index contributed by atoms with van der Waals surface area (Å²) in [6.07, 6.45) is 34.7. The molecule has 70 heavy (non-hydrogen) atoms. The standard InChI is InChI=1S/C51H80O17P2/c1-3-5-7-8-9-10-11-12-13-14-15-16-17-18-21-25-28-31-35-39-45(54)66-43(41-65-70(62,63)68-51-48(57)46(55)47(56)50(49(51)58)67-69(59,60)61)40-64-44(53)38-34-30-27-24-22-19-20-23-26-29-33-37-42(52)36-32-6-4-2/h9-10,12-13,15-16,18-21,24,26-29,31,33,37,43,46-51,55-58H,3-8,11,14,17,22-23,25,30,32,34-36,38-41H2,1-2H3,(H,62,63)(H2,59,60,61)/b10-9-,13-12-,16-15-,20-19-,21-18-,27-24-,29-26-,31-28-,37-33+/t43-,46?,47?,48?,49?,50-,51+/m1/s1. The number of ketones is 1. The monoisotopic (exact) mass is 1030 g/mol. The number of ether oxygens (including phenoxy) is 2. The van der Waals surface area contributed by atoms with Crippen molar-refractivity contribution in [2.45, 2.75) is 179 Å². The Bertz CT molecular complexity index is 1830. The lowest BCUT2D eigenvalue weighted by molar-refractivity contribution is -0.216. The quantitative estimate of drug-likeness (QED) is 0.00756. The SMILES string of the molecule is CCCCC/C=C\C/C=C\C/C=C\C/C=C\C/C=C\CCC(=O)O[C@H](COC(=O)CCC/C=C\C/C=C\C/C=C\C=C\C(=O)CCCCC)COP(=O)(O)O[C@H]1C(O)C(O)C(O)[C@@H](OP(=O)(O)O)C1O. The second kappa shape index (κ2) is 39.9. The number of hydrogen-bond acceptors (Lipinski definition) is 14. The summed E-state index contributed by atoms with van der Waals surface area (Å²) < 4.78 is 49.2. The molecule has 1 saturated carbocycles. The Hall–Kier alpha value is -3.67. The van der Waals surface area contributed by atoms with Crippen LogP contribution in [0.3, 0.4) is 0 Å². The van der Waals surface area contributed by atoms with E-state index in [1.54, 1.807) is 18.2 Å². The molecular formula is C51H80O17P2. The molecule has 0 aromatic carbocycles. The topological polar surface area (TPSA) is 273 Å². The number of hydrogen-bond donors (Lipinski definition) is 7. The molecular weight excluding hydrogens is 946 g/mol. The lowest BCUT2D eigenvalue weighted by Crippen LogP contribution is -2.64. The van der Waals surface area contributed by atoms with Gasteiger partial charge in [0.05, 0.1) is 6.61 Å². The van der Waals surface area contributed by atoms with Crippen LogP contribution in [0, 0.1) is 0 Å². The molecule has 5 unspecified atom stereocenters. The maximum atomic E-state index is 13.0. The predicted octanol–water partition coefficient (Wildman–Crippen LogP) is 8.91. The van der Waals surface area contributed by atoms with E-state index in [9.17, 15) is 58.6 Å². The van der Waals surface area contributed by atoms with Gasteiger partial charge in [-0.1, -0.05) is 143 Å². The molecule has 0 amide bonds. The predicted molar refractivity (Wildman–Crippen MR) is 269 cm³/mol. The zero-order chi connectivity index (χ0) is 51.9. The van der Waals surface area contributed by atoms with Crippen LogP contribution in [-0.2, 0) is 46.6 Å². The van der Waals surface area contributed by atoms with Crippen molar-refractivity contribution in [3.63, 3.8) is 0 Å². The molecule has 0 heterocycles. The Kier molecular flexibility index (Phi) is 36.7. The number of aliphatic hydroxyl groups is 4. The largest absolute Gasteiger partial charge is 0.472 e. The zero-order valence-corrected chi connectivity index (χ0v) is 42.7. The van der Waals surface area contributed by atoms with Gasteiger partial charge in [-0.2, -0.15) is 0 Å². The summed E-state index contributed by atoms with van der Waals surface area (Å²) in [5.74, 6) is -1.29. The molecule has 0 radical (unpaired) electrons. The summed E-state index contributed by atoms with van der Waals surface area (Å²) in [4.78, 5) is 66.0. The first-order valence-electron chi connectivity index (χ1n) is 24.4. The third-order valence-corrected chi connectivity index (χ3v) is 11.8. The van der Waals surface area contributed by atoms with Crippen molar-refractivity contribution in [3.05, 3.63) is 109 Å². The minimum absolute atomic E-state index is 0.00353. The van der Waals surface area contributed by atoms with Crippen molar-refractivity contribution < 1.29 is 81.7 Å². The summed E-state index contributed by atoms with van der Waals surface area (Å²) in [6.45, 7) is 2.80. The number of phosphoric ester groups is 2. The molecule has 19 heteroatoms. The number of esters is 2. The van der Waals surface area contributed by atoms with Crippen LogP contribution in [0.4, 0.5) is 0 Å². The van der Waals surface area contributed by atoms with Gasteiger partial charge < -0.3 is 44.6 Å². The molecule has 396 valence electrons. The van der Waals surface area contributed by atoms with E-state index < -0.39 is 83.5 Å².